The van der Waals surface area contributed by atoms with E-state index >= 15 is 0 Å². The Kier molecular flexibility index (Phi) is 25.4. The number of unbranched alkanes of at least 4 members (excludes halogenated alkanes) is 20. The minimum Gasteiger partial charge on any atom is -0.481 e. The number of hydrogen-bond donors (Lipinski definition) is 1. The lowest BCUT2D eigenvalue weighted by Crippen LogP contribution is -1.93. The Hall–Kier alpha value is -1.41. The number of rotatable bonds is 22. The van der Waals surface area contributed by atoms with Crippen LogP contribution in [-0.4, -0.2) is 11.1 Å². The van der Waals surface area contributed by atoms with E-state index in [1.165, 1.54) is 96.3 Å². The van der Waals surface area contributed by atoms with Crippen LogP contribution in [0.4, 0.5) is 0 Å². The quantitative estimate of drug-likeness (QED) is 0.137. The highest BCUT2D eigenvalue weighted by Gasteiger charge is 1.96. The first-order chi connectivity index (χ1) is 15.3. The Labute approximate surface area is 194 Å². The molecular formula is C29H50O2. The van der Waals surface area contributed by atoms with E-state index in [1.807, 2.05) is 0 Å². The minimum atomic E-state index is -0.686. The molecule has 0 aliphatic heterocycles. The van der Waals surface area contributed by atoms with Crippen molar-refractivity contribution in [1.82, 2.24) is 0 Å². The molecule has 0 aromatic rings. The van der Waals surface area contributed by atoms with Gasteiger partial charge in [-0.1, -0.05) is 128 Å². The molecule has 0 unspecified atom stereocenters. The van der Waals surface area contributed by atoms with E-state index in [9.17, 15) is 4.79 Å². The lowest BCUT2D eigenvalue weighted by molar-refractivity contribution is -0.137. The zero-order valence-corrected chi connectivity index (χ0v) is 20.6. The summed E-state index contributed by atoms with van der Waals surface area (Å²) in [6.07, 6.45) is 28.3. The van der Waals surface area contributed by atoms with Gasteiger partial charge in [0.2, 0.25) is 0 Å². The van der Waals surface area contributed by atoms with Gasteiger partial charge in [-0.05, 0) is 31.1 Å². The number of hydrogen-bond acceptors (Lipinski definition) is 1. The monoisotopic (exact) mass is 430 g/mol. The molecule has 178 valence electrons. The van der Waals surface area contributed by atoms with Gasteiger partial charge in [-0.25, -0.2) is 0 Å². The molecular weight excluding hydrogens is 380 g/mol. The van der Waals surface area contributed by atoms with Gasteiger partial charge in [0.15, 0.2) is 0 Å². The molecule has 0 rings (SSSR count). The molecule has 0 bridgehead atoms. The maximum absolute atomic E-state index is 10.4. The number of carboxylic acid groups (broad SMARTS) is 1. The third kappa shape index (κ3) is 28.6. The van der Waals surface area contributed by atoms with Crippen LogP contribution in [0.1, 0.15) is 155 Å². The van der Waals surface area contributed by atoms with Crippen molar-refractivity contribution in [3.05, 3.63) is 0 Å². The summed E-state index contributed by atoms with van der Waals surface area (Å²) in [5.74, 6) is 11.6. The van der Waals surface area contributed by atoms with E-state index < -0.39 is 5.97 Å². The standard InChI is InChI=1S/C29H50O2/c1-2-3-4-5-6-7-8-9-10-11-12-13-14-15-16-17-18-19-20-21-22-23-24-25-26-27-28-29(30)31/h2-17,22-28H2,1H3,(H,30,31). The van der Waals surface area contributed by atoms with Crippen molar-refractivity contribution in [2.45, 2.75) is 155 Å². The molecule has 0 amide bonds. The smallest absolute Gasteiger partial charge is 0.303 e. The third-order valence-corrected chi connectivity index (χ3v) is 5.84. The average molecular weight is 431 g/mol. The zero-order valence-electron chi connectivity index (χ0n) is 20.6. The highest BCUT2D eigenvalue weighted by molar-refractivity contribution is 5.66. The molecule has 2 heteroatoms. The van der Waals surface area contributed by atoms with E-state index in [0.29, 0.717) is 6.42 Å². The Morgan fingerprint density at radius 2 is 0.839 bits per heavy atom. The van der Waals surface area contributed by atoms with Crippen LogP contribution in [0.2, 0.25) is 0 Å². The normalized spacial score (nSPS) is 10.2. The highest BCUT2D eigenvalue weighted by atomic mass is 16.4. The molecule has 0 fully saturated rings. The van der Waals surface area contributed by atoms with Crippen molar-refractivity contribution in [2.24, 2.45) is 0 Å². The average Bonchev–Trinajstić information content (AvgIpc) is 2.76. The molecule has 0 spiro atoms. The topological polar surface area (TPSA) is 37.3 Å². The minimum absolute atomic E-state index is 0.300. The summed E-state index contributed by atoms with van der Waals surface area (Å²) in [5.41, 5.74) is 0. The van der Waals surface area contributed by atoms with Gasteiger partial charge in [-0.3, -0.25) is 4.79 Å². The summed E-state index contributed by atoms with van der Waals surface area (Å²) in [5, 5.41) is 8.57. The molecule has 0 radical (unpaired) electrons. The van der Waals surface area contributed by atoms with Gasteiger partial charge in [0, 0.05) is 19.3 Å². The van der Waals surface area contributed by atoms with Crippen molar-refractivity contribution in [1.29, 1.82) is 0 Å². The molecule has 0 saturated heterocycles. The van der Waals surface area contributed by atoms with E-state index in [4.69, 9.17) is 5.11 Å². The van der Waals surface area contributed by atoms with Crippen LogP contribution in [0.5, 0.6) is 0 Å². The van der Waals surface area contributed by atoms with Crippen molar-refractivity contribution in [2.75, 3.05) is 0 Å². The first-order valence-corrected chi connectivity index (χ1v) is 13.4. The fourth-order valence-electron chi connectivity index (χ4n) is 3.82. The van der Waals surface area contributed by atoms with E-state index in [0.717, 1.165) is 44.9 Å². The maximum atomic E-state index is 10.4. The lowest BCUT2D eigenvalue weighted by Gasteiger charge is -2.03. The van der Waals surface area contributed by atoms with Crippen LogP contribution in [0.25, 0.3) is 0 Å². The molecule has 0 saturated carbocycles. The van der Waals surface area contributed by atoms with Gasteiger partial charge in [0.05, 0.1) is 0 Å². The first-order valence-electron chi connectivity index (χ1n) is 13.4. The predicted octanol–water partition coefficient (Wildman–Crippen LogP) is 9.07. The van der Waals surface area contributed by atoms with Crippen LogP contribution < -0.4 is 0 Å². The van der Waals surface area contributed by atoms with Gasteiger partial charge in [-0.2, -0.15) is 0 Å². The summed E-state index contributed by atoms with van der Waals surface area (Å²) in [6, 6.07) is 0. The SMILES string of the molecule is CCCCCCCCCCCCCCCCCC#CC#CCCCCCCCC(=O)O. The predicted molar refractivity (Wildman–Crippen MR) is 135 cm³/mol. The van der Waals surface area contributed by atoms with Gasteiger partial charge < -0.3 is 5.11 Å². The van der Waals surface area contributed by atoms with Crippen LogP contribution in [0.15, 0.2) is 0 Å². The molecule has 0 aromatic carbocycles. The number of carboxylic acids is 1. The number of aliphatic carboxylic acids is 1. The molecule has 0 aliphatic rings. The summed E-state index contributed by atoms with van der Waals surface area (Å²) >= 11 is 0. The van der Waals surface area contributed by atoms with Crippen LogP contribution in [0.3, 0.4) is 0 Å². The van der Waals surface area contributed by atoms with Crippen molar-refractivity contribution in [3.8, 4) is 23.7 Å². The highest BCUT2D eigenvalue weighted by Crippen LogP contribution is 2.13. The molecule has 31 heavy (non-hydrogen) atoms. The largest absolute Gasteiger partial charge is 0.481 e. The summed E-state index contributed by atoms with van der Waals surface area (Å²) in [7, 11) is 0. The van der Waals surface area contributed by atoms with Crippen molar-refractivity contribution in [3.63, 3.8) is 0 Å². The van der Waals surface area contributed by atoms with E-state index in [1.54, 1.807) is 0 Å². The second-order valence-corrected chi connectivity index (χ2v) is 8.96. The second kappa shape index (κ2) is 26.6. The fourth-order valence-corrected chi connectivity index (χ4v) is 3.82. The van der Waals surface area contributed by atoms with E-state index in [-0.39, 0.29) is 0 Å². The molecule has 2 nitrogen and oxygen atoms in total. The van der Waals surface area contributed by atoms with Crippen molar-refractivity contribution >= 4 is 5.97 Å². The van der Waals surface area contributed by atoms with E-state index in [2.05, 4.69) is 30.6 Å². The van der Waals surface area contributed by atoms with Gasteiger partial charge in [0.25, 0.3) is 0 Å². The molecule has 0 atom stereocenters. The lowest BCUT2D eigenvalue weighted by atomic mass is 10.0. The fraction of sp³-hybridized carbons (Fsp3) is 0.828. The Balaban J connectivity index is 3.21. The van der Waals surface area contributed by atoms with Crippen LogP contribution >= 0.6 is 0 Å². The third-order valence-electron chi connectivity index (χ3n) is 5.84. The van der Waals surface area contributed by atoms with Crippen LogP contribution in [-0.2, 0) is 4.79 Å². The molecule has 0 heterocycles. The maximum Gasteiger partial charge on any atom is 0.303 e. The van der Waals surface area contributed by atoms with Gasteiger partial charge in [0.1, 0.15) is 0 Å². The van der Waals surface area contributed by atoms with Gasteiger partial charge in [-0.15, -0.1) is 0 Å². The first kappa shape index (κ1) is 29.6. The summed E-state index contributed by atoms with van der Waals surface area (Å²) in [6.45, 7) is 2.28. The second-order valence-electron chi connectivity index (χ2n) is 8.96. The molecule has 0 aromatic heterocycles. The number of carbonyl (C=O) groups is 1. The molecule has 0 aliphatic carbocycles. The Morgan fingerprint density at radius 1 is 0.516 bits per heavy atom. The van der Waals surface area contributed by atoms with Crippen molar-refractivity contribution < 1.29 is 9.90 Å². The summed E-state index contributed by atoms with van der Waals surface area (Å²) < 4.78 is 0. The van der Waals surface area contributed by atoms with Crippen LogP contribution in [0, 0.1) is 23.7 Å². The Morgan fingerprint density at radius 3 is 1.19 bits per heavy atom. The zero-order chi connectivity index (χ0) is 22.7. The summed E-state index contributed by atoms with van der Waals surface area (Å²) in [4.78, 5) is 10.4. The Bertz CT molecular complexity index is 500. The van der Waals surface area contributed by atoms with Gasteiger partial charge >= 0.3 is 5.97 Å². The molecule has 1 N–H and O–H groups in total.